The Bertz CT molecular complexity index is 677. The summed E-state index contributed by atoms with van der Waals surface area (Å²) in [6.07, 6.45) is 0. The van der Waals surface area contributed by atoms with Crippen molar-refractivity contribution >= 4 is 11.9 Å². The molecule has 6 heteroatoms. The van der Waals surface area contributed by atoms with E-state index in [0.717, 1.165) is 5.56 Å². The highest BCUT2D eigenvalue weighted by Gasteiger charge is 2.04. The molecule has 1 aromatic carbocycles. The topological polar surface area (TPSA) is 86.9 Å². The average molecular weight is 286 g/mol. The van der Waals surface area contributed by atoms with Gasteiger partial charge in [0.15, 0.2) is 0 Å². The lowest BCUT2D eigenvalue weighted by Crippen LogP contribution is -2.22. The summed E-state index contributed by atoms with van der Waals surface area (Å²) in [7, 11) is 0. The zero-order chi connectivity index (χ0) is 15.2. The highest BCUT2D eigenvalue weighted by Crippen LogP contribution is 2.06. The Labute approximate surface area is 122 Å². The van der Waals surface area contributed by atoms with Crippen LogP contribution in [0.3, 0.4) is 0 Å². The molecule has 6 nitrogen and oxygen atoms in total. The minimum Gasteiger partial charge on any atom is -0.352 e. The second-order valence-electron chi connectivity index (χ2n) is 4.65. The minimum absolute atomic E-state index is 0.0818. The number of carbonyl (C=O) groups excluding carboxylic acids is 1. The van der Waals surface area contributed by atoms with Gasteiger partial charge >= 0.3 is 0 Å². The molecule has 0 fully saturated rings. The molecule has 1 amide bonds. The minimum atomic E-state index is -0.184. The van der Waals surface area contributed by atoms with Gasteiger partial charge in [0.2, 0.25) is 5.95 Å². The molecular formula is C15H18N4O2. The Kier molecular flexibility index (Phi) is 4.71. The summed E-state index contributed by atoms with van der Waals surface area (Å²) >= 11 is 0. The number of H-pyrrole nitrogens is 1. The van der Waals surface area contributed by atoms with Crippen LogP contribution in [0.4, 0.5) is 5.95 Å². The fraction of sp³-hybridized carbons (Fsp3) is 0.267. The number of amides is 1. The van der Waals surface area contributed by atoms with Crippen molar-refractivity contribution in [3.8, 4) is 0 Å². The van der Waals surface area contributed by atoms with E-state index in [-0.39, 0.29) is 11.5 Å². The predicted octanol–water partition coefficient (Wildman–Crippen LogP) is 1.44. The van der Waals surface area contributed by atoms with Gasteiger partial charge in [-0.15, -0.1) is 0 Å². The van der Waals surface area contributed by atoms with E-state index < -0.39 is 0 Å². The summed E-state index contributed by atoms with van der Waals surface area (Å²) in [5.74, 6) is 0.356. The molecule has 2 aromatic rings. The monoisotopic (exact) mass is 286 g/mol. The van der Waals surface area contributed by atoms with Gasteiger partial charge in [0, 0.05) is 30.4 Å². The highest BCUT2D eigenvalue weighted by molar-refractivity contribution is 5.94. The van der Waals surface area contributed by atoms with E-state index in [1.807, 2.05) is 19.1 Å². The van der Waals surface area contributed by atoms with E-state index in [4.69, 9.17) is 0 Å². The Morgan fingerprint density at radius 2 is 2.00 bits per heavy atom. The molecule has 0 radical (unpaired) electrons. The lowest BCUT2D eigenvalue weighted by atomic mass is 10.1. The number of nitrogens with one attached hydrogen (secondary N) is 3. The molecular weight excluding hydrogens is 268 g/mol. The Balaban J connectivity index is 2.00. The Morgan fingerprint density at radius 1 is 1.29 bits per heavy atom. The first kappa shape index (κ1) is 14.8. The largest absolute Gasteiger partial charge is 0.352 e. The Hall–Kier alpha value is -2.63. The van der Waals surface area contributed by atoms with Gasteiger partial charge in [-0.05, 0) is 31.5 Å². The lowest BCUT2D eigenvalue weighted by Gasteiger charge is -2.07. The van der Waals surface area contributed by atoms with Crippen molar-refractivity contribution in [3.05, 3.63) is 57.5 Å². The number of anilines is 1. The number of aromatic nitrogens is 2. The van der Waals surface area contributed by atoms with Crippen molar-refractivity contribution in [2.24, 2.45) is 0 Å². The van der Waals surface area contributed by atoms with Gasteiger partial charge in [-0.1, -0.05) is 12.1 Å². The van der Waals surface area contributed by atoms with Crippen LogP contribution in [-0.2, 0) is 6.54 Å². The van der Waals surface area contributed by atoms with Gasteiger partial charge < -0.3 is 10.6 Å². The van der Waals surface area contributed by atoms with E-state index in [1.54, 1.807) is 19.1 Å². The molecule has 1 heterocycles. The highest BCUT2D eigenvalue weighted by atomic mass is 16.1. The summed E-state index contributed by atoms with van der Waals surface area (Å²) in [6.45, 7) is 4.77. The molecule has 0 atom stereocenters. The molecule has 1 aromatic heterocycles. The summed E-state index contributed by atoms with van der Waals surface area (Å²) in [4.78, 5) is 29.8. The molecule has 0 bridgehead atoms. The maximum absolute atomic E-state index is 11.6. The van der Waals surface area contributed by atoms with Crippen LogP contribution < -0.4 is 16.2 Å². The quantitative estimate of drug-likeness (QED) is 0.776. The summed E-state index contributed by atoms with van der Waals surface area (Å²) < 4.78 is 0. The zero-order valence-electron chi connectivity index (χ0n) is 12.1. The van der Waals surface area contributed by atoms with Crippen LogP contribution in [0.25, 0.3) is 0 Å². The van der Waals surface area contributed by atoms with Crippen LogP contribution in [0, 0.1) is 6.92 Å². The second kappa shape index (κ2) is 6.69. The first-order valence-corrected chi connectivity index (χ1v) is 6.77. The maximum atomic E-state index is 11.6. The summed E-state index contributed by atoms with van der Waals surface area (Å²) in [5, 5.41) is 5.80. The summed E-state index contributed by atoms with van der Waals surface area (Å²) in [5.41, 5.74) is 2.10. The number of nitrogens with zero attached hydrogens (tertiary/aromatic N) is 1. The lowest BCUT2D eigenvalue weighted by molar-refractivity contribution is 0.0956. The normalized spacial score (nSPS) is 10.2. The van der Waals surface area contributed by atoms with Gasteiger partial charge in [0.05, 0.1) is 0 Å². The van der Waals surface area contributed by atoms with Gasteiger partial charge in [-0.3, -0.25) is 14.6 Å². The number of aromatic amines is 1. The van der Waals surface area contributed by atoms with Crippen LogP contribution in [0.15, 0.2) is 35.1 Å². The maximum Gasteiger partial charge on any atom is 0.252 e. The molecule has 0 aliphatic carbocycles. The van der Waals surface area contributed by atoms with E-state index in [1.165, 1.54) is 6.07 Å². The van der Waals surface area contributed by atoms with E-state index in [9.17, 15) is 9.59 Å². The molecule has 21 heavy (non-hydrogen) atoms. The third kappa shape index (κ3) is 4.17. The van der Waals surface area contributed by atoms with Gasteiger partial charge in [-0.25, -0.2) is 4.98 Å². The molecule has 3 N–H and O–H groups in total. The van der Waals surface area contributed by atoms with Crippen LogP contribution in [0.5, 0.6) is 0 Å². The van der Waals surface area contributed by atoms with E-state index in [2.05, 4.69) is 20.6 Å². The average Bonchev–Trinajstić information content (AvgIpc) is 2.45. The molecule has 0 saturated carbocycles. The first-order chi connectivity index (χ1) is 10.1. The molecule has 0 saturated heterocycles. The predicted molar refractivity (Wildman–Crippen MR) is 81.4 cm³/mol. The first-order valence-electron chi connectivity index (χ1n) is 6.77. The molecule has 2 rings (SSSR count). The molecule has 0 spiro atoms. The fourth-order valence-corrected chi connectivity index (χ4v) is 1.89. The molecule has 0 aliphatic rings. The number of rotatable bonds is 5. The Morgan fingerprint density at radius 3 is 2.62 bits per heavy atom. The molecule has 110 valence electrons. The van der Waals surface area contributed by atoms with Crippen molar-refractivity contribution in [3.63, 3.8) is 0 Å². The number of benzene rings is 1. The SMILES string of the molecule is CCNC(=O)c1ccc(CNc2nc(C)cc(=O)[nH]2)cc1. The number of hydrogen-bond acceptors (Lipinski definition) is 4. The molecule has 0 aliphatic heterocycles. The third-order valence-corrected chi connectivity index (χ3v) is 2.88. The van der Waals surface area contributed by atoms with Crippen molar-refractivity contribution in [2.75, 3.05) is 11.9 Å². The number of hydrogen-bond donors (Lipinski definition) is 3. The van der Waals surface area contributed by atoms with Gasteiger partial charge in [0.1, 0.15) is 0 Å². The van der Waals surface area contributed by atoms with Crippen LogP contribution in [0.1, 0.15) is 28.5 Å². The number of carbonyl (C=O) groups is 1. The number of aryl methyl sites for hydroxylation is 1. The van der Waals surface area contributed by atoms with Crippen molar-refractivity contribution in [2.45, 2.75) is 20.4 Å². The van der Waals surface area contributed by atoms with E-state index in [0.29, 0.717) is 30.3 Å². The van der Waals surface area contributed by atoms with Gasteiger partial charge in [0.25, 0.3) is 11.5 Å². The zero-order valence-corrected chi connectivity index (χ0v) is 12.1. The van der Waals surface area contributed by atoms with Crippen LogP contribution in [-0.4, -0.2) is 22.4 Å². The summed E-state index contributed by atoms with van der Waals surface area (Å²) in [6, 6.07) is 8.71. The second-order valence-corrected chi connectivity index (χ2v) is 4.65. The van der Waals surface area contributed by atoms with Crippen molar-refractivity contribution in [1.29, 1.82) is 0 Å². The third-order valence-electron chi connectivity index (χ3n) is 2.88. The van der Waals surface area contributed by atoms with Gasteiger partial charge in [-0.2, -0.15) is 0 Å². The van der Waals surface area contributed by atoms with Crippen LogP contribution in [0.2, 0.25) is 0 Å². The standard InChI is InChI=1S/C15H18N4O2/c1-3-16-14(21)12-6-4-11(5-7-12)9-17-15-18-10(2)8-13(20)19-15/h4-8H,3,9H2,1-2H3,(H,16,21)(H2,17,18,19,20). The smallest absolute Gasteiger partial charge is 0.252 e. The molecule has 0 unspecified atom stereocenters. The van der Waals surface area contributed by atoms with E-state index >= 15 is 0 Å². The fourth-order valence-electron chi connectivity index (χ4n) is 1.89. The van der Waals surface area contributed by atoms with Crippen molar-refractivity contribution in [1.82, 2.24) is 15.3 Å². The van der Waals surface area contributed by atoms with Crippen LogP contribution >= 0.6 is 0 Å². The van der Waals surface area contributed by atoms with Crippen molar-refractivity contribution < 1.29 is 4.79 Å².